The average Bonchev–Trinajstić information content (AvgIpc) is 2.27. The van der Waals surface area contributed by atoms with Crippen molar-refractivity contribution in [3.8, 4) is 0 Å². The van der Waals surface area contributed by atoms with E-state index in [-0.39, 0.29) is 22.5 Å². The molecule has 0 fully saturated rings. The lowest BCUT2D eigenvalue weighted by Gasteiger charge is -2.04. The number of esters is 1. The molecule has 84 valence electrons. The van der Waals surface area contributed by atoms with Gasteiger partial charge in [0.2, 0.25) is 0 Å². The number of carbonyl (C=O) groups is 3. The minimum Gasteiger partial charge on any atom is -0.478 e. The Bertz CT molecular complexity index is 429. The Morgan fingerprint density at radius 3 is 2.00 bits per heavy atom. The molecule has 0 aliphatic carbocycles. The molecule has 1 aromatic carbocycles. The Morgan fingerprint density at radius 1 is 1.06 bits per heavy atom. The first-order valence-electron chi connectivity index (χ1n) is 4.43. The van der Waals surface area contributed by atoms with Crippen LogP contribution in [0, 0.1) is 0 Å². The summed E-state index contributed by atoms with van der Waals surface area (Å²) >= 11 is 0. The molecule has 0 unspecified atom stereocenters. The van der Waals surface area contributed by atoms with E-state index in [4.69, 9.17) is 5.11 Å². The maximum atomic E-state index is 11.2. The summed E-state index contributed by atoms with van der Waals surface area (Å²) < 4.78 is 4.46. The van der Waals surface area contributed by atoms with Gasteiger partial charge in [-0.25, -0.2) is 9.59 Å². The number of methoxy groups -OCH3 is 1. The van der Waals surface area contributed by atoms with Crippen molar-refractivity contribution in [2.24, 2.45) is 0 Å². The van der Waals surface area contributed by atoms with Crippen LogP contribution in [0.3, 0.4) is 0 Å². The van der Waals surface area contributed by atoms with Crippen molar-refractivity contribution in [3.63, 3.8) is 0 Å². The first-order chi connectivity index (χ1) is 7.45. The number of carboxylic acid groups (broad SMARTS) is 1. The number of hydrogen-bond donors (Lipinski definition) is 1. The lowest BCUT2D eigenvalue weighted by molar-refractivity contribution is 0.0600. The van der Waals surface area contributed by atoms with Crippen molar-refractivity contribution in [2.45, 2.75) is 6.92 Å². The highest BCUT2D eigenvalue weighted by molar-refractivity contribution is 6.01. The van der Waals surface area contributed by atoms with Gasteiger partial charge < -0.3 is 9.84 Å². The van der Waals surface area contributed by atoms with E-state index < -0.39 is 11.9 Å². The fourth-order valence-corrected chi connectivity index (χ4v) is 1.19. The molecule has 0 spiro atoms. The molecule has 1 N–H and O–H groups in total. The van der Waals surface area contributed by atoms with Crippen molar-refractivity contribution in [3.05, 3.63) is 34.9 Å². The van der Waals surface area contributed by atoms with Gasteiger partial charge in [-0.1, -0.05) is 0 Å². The van der Waals surface area contributed by atoms with Crippen LogP contribution in [0.4, 0.5) is 0 Å². The highest BCUT2D eigenvalue weighted by atomic mass is 16.5. The second-order valence-electron chi connectivity index (χ2n) is 3.15. The summed E-state index contributed by atoms with van der Waals surface area (Å²) in [5, 5.41) is 8.81. The Balaban J connectivity index is 3.35. The van der Waals surface area contributed by atoms with E-state index in [1.54, 1.807) is 0 Å². The third-order valence-corrected chi connectivity index (χ3v) is 2.01. The molecule has 0 aliphatic heterocycles. The van der Waals surface area contributed by atoms with Crippen molar-refractivity contribution < 1.29 is 24.2 Å². The summed E-state index contributed by atoms with van der Waals surface area (Å²) in [7, 11) is 1.18. The summed E-state index contributed by atoms with van der Waals surface area (Å²) in [4.78, 5) is 33.2. The Hall–Kier alpha value is -2.17. The summed E-state index contributed by atoms with van der Waals surface area (Å²) in [5.41, 5.74) is 0.0981. The van der Waals surface area contributed by atoms with Gasteiger partial charge in [-0.15, -0.1) is 0 Å². The molecular formula is C11H10O5. The zero-order valence-corrected chi connectivity index (χ0v) is 8.81. The van der Waals surface area contributed by atoms with Crippen LogP contribution in [0.1, 0.15) is 38.0 Å². The minimum absolute atomic E-state index is 0.0487. The number of rotatable bonds is 3. The lowest BCUT2D eigenvalue weighted by Crippen LogP contribution is -2.07. The molecule has 0 radical (unpaired) electrons. The molecule has 0 saturated heterocycles. The van der Waals surface area contributed by atoms with Crippen LogP contribution in [0.25, 0.3) is 0 Å². The van der Waals surface area contributed by atoms with Crippen molar-refractivity contribution in [1.29, 1.82) is 0 Å². The lowest BCUT2D eigenvalue weighted by atomic mass is 10.0. The number of aromatic carboxylic acids is 1. The maximum Gasteiger partial charge on any atom is 0.337 e. The fourth-order valence-electron chi connectivity index (χ4n) is 1.19. The standard InChI is InChI=1S/C11H10O5/c1-6(12)7-3-8(10(13)14)5-9(4-7)11(15)16-2/h3-5H,1-2H3,(H,13,14). The van der Waals surface area contributed by atoms with Gasteiger partial charge in [0.15, 0.2) is 5.78 Å². The third kappa shape index (κ3) is 2.44. The first-order valence-corrected chi connectivity index (χ1v) is 4.43. The van der Waals surface area contributed by atoms with E-state index in [0.717, 1.165) is 0 Å². The average molecular weight is 222 g/mol. The van der Waals surface area contributed by atoms with E-state index >= 15 is 0 Å². The zero-order valence-electron chi connectivity index (χ0n) is 8.81. The highest BCUT2D eigenvalue weighted by Crippen LogP contribution is 2.12. The van der Waals surface area contributed by atoms with Gasteiger partial charge >= 0.3 is 11.9 Å². The Labute approximate surface area is 91.6 Å². The van der Waals surface area contributed by atoms with Gasteiger partial charge in [-0.3, -0.25) is 4.79 Å². The largest absolute Gasteiger partial charge is 0.478 e. The Kier molecular flexibility index (Phi) is 3.40. The van der Waals surface area contributed by atoms with E-state index in [9.17, 15) is 14.4 Å². The van der Waals surface area contributed by atoms with Crippen LogP contribution in [0.15, 0.2) is 18.2 Å². The molecule has 5 nitrogen and oxygen atoms in total. The van der Waals surface area contributed by atoms with Crippen LogP contribution in [-0.2, 0) is 4.74 Å². The van der Waals surface area contributed by atoms with Gasteiger partial charge in [-0.2, -0.15) is 0 Å². The van der Waals surface area contributed by atoms with Crippen LogP contribution in [0.5, 0.6) is 0 Å². The number of ketones is 1. The van der Waals surface area contributed by atoms with E-state index in [2.05, 4.69) is 4.74 Å². The maximum absolute atomic E-state index is 11.2. The smallest absolute Gasteiger partial charge is 0.337 e. The predicted molar refractivity (Wildman–Crippen MR) is 54.7 cm³/mol. The van der Waals surface area contributed by atoms with Crippen LogP contribution in [-0.4, -0.2) is 29.9 Å². The normalized spacial score (nSPS) is 9.62. The van der Waals surface area contributed by atoms with E-state index in [1.807, 2.05) is 0 Å². The number of Topliss-reactive ketones (excluding diaryl/α,β-unsaturated/α-hetero) is 1. The fraction of sp³-hybridized carbons (Fsp3) is 0.182. The van der Waals surface area contributed by atoms with Gasteiger partial charge in [-0.05, 0) is 25.1 Å². The number of hydrogen-bond acceptors (Lipinski definition) is 4. The van der Waals surface area contributed by atoms with E-state index in [0.29, 0.717) is 0 Å². The molecule has 5 heteroatoms. The minimum atomic E-state index is -1.20. The van der Waals surface area contributed by atoms with Crippen LogP contribution < -0.4 is 0 Å². The molecule has 1 aromatic rings. The Morgan fingerprint density at radius 2 is 1.56 bits per heavy atom. The van der Waals surface area contributed by atoms with Gasteiger partial charge in [0, 0.05) is 5.56 Å². The van der Waals surface area contributed by atoms with Gasteiger partial charge in [0.25, 0.3) is 0 Å². The summed E-state index contributed by atoms with van der Waals surface area (Å²) in [6.07, 6.45) is 0. The molecule has 1 rings (SSSR count). The number of carboxylic acids is 1. The van der Waals surface area contributed by atoms with Crippen molar-refractivity contribution in [2.75, 3.05) is 7.11 Å². The van der Waals surface area contributed by atoms with Crippen LogP contribution in [0.2, 0.25) is 0 Å². The number of carbonyl (C=O) groups excluding carboxylic acids is 2. The molecule has 0 amide bonds. The molecule has 0 bridgehead atoms. The quantitative estimate of drug-likeness (QED) is 0.617. The molecular weight excluding hydrogens is 212 g/mol. The molecule has 0 aliphatic rings. The second-order valence-corrected chi connectivity index (χ2v) is 3.15. The first kappa shape index (κ1) is 11.9. The number of ether oxygens (including phenoxy) is 1. The van der Waals surface area contributed by atoms with Crippen molar-refractivity contribution >= 4 is 17.7 Å². The summed E-state index contributed by atoms with van der Waals surface area (Å²) in [5.74, 6) is -2.19. The summed E-state index contributed by atoms with van der Waals surface area (Å²) in [6, 6.07) is 3.69. The topological polar surface area (TPSA) is 80.7 Å². The molecule has 0 aromatic heterocycles. The van der Waals surface area contributed by atoms with Gasteiger partial charge in [0.05, 0.1) is 18.2 Å². The summed E-state index contributed by atoms with van der Waals surface area (Å²) in [6.45, 7) is 1.29. The molecule has 0 atom stereocenters. The zero-order chi connectivity index (χ0) is 12.3. The number of benzene rings is 1. The second kappa shape index (κ2) is 4.57. The monoisotopic (exact) mass is 222 g/mol. The van der Waals surface area contributed by atoms with E-state index in [1.165, 1.54) is 32.2 Å². The molecule has 0 saturated carbocycles. The highest BCUT2D eigenvalue weighted by Gasteiger charge is 2.14. The van der Waals surface area contributed by atoms with Crippen LogP contribution >= 0.6 is 0 Å². The molecule has 16 heavy (non-hydrogen) atoms. The van der Waals surface area contributed by atoms with Crippen molar-refractivity contribution in [1.82, 2.24) is 0 Å². The third-order valence-electron chi connectivity index (χ3n) is 2.01. The molecule has 0 heterocycles. The SMILES string of the molecule is COC(=O)c1cc(C(C)=O)cc(C(=O)O)c1. The predicted octanol–water partition coefficient (Wildman–Crippen LogP) is 1.37. The van der Waals surface area contributed by atoms with Gasteiger partial charge in [0.1, 0.15) is 0 Å².